The normalized spacial score (nSPS) is 24.9. The van der Waals surface area contributed by atoms with Crippen LogP contribution < -0.4 is 5.32 Å². The molecule has 0 aliphatic heterocycles. The summed E-state index contributed by atoms with van der Waals surface area (Å²) in [6.07, 6.45) is 1.25. The summed E-state index contributed by atoms with van der Waals surface area (Å²) in [5.74, 6) is 0.617. The van der Waals surface area contributed by atoms with Crippen LogP contribution in [0.15, 0.2) is 48.5 Å². The molecule has 0 atom stereocenters. The van der Waals surface area contributed by atoms with E-state index in [2.05, 4.69) is 60.8 Å². The zero-order chi connectivity index (χ0) is 12.9. The van der Waals surface area contributed by atoms with E-state index in [-0.39, 0.29) is 17.8 Å². The number of benzene rings is 2. The van der Waals surface area contributed by atoms with Gasteiger partial charge in [-0.05, 0) is 35.2 Å². The van der Waals surface area contributed by atoms with Crippen LogP contribution in [0.1, 0.15) is 41.5 Å². The van der Waals surface area contributed by atoms with E-state index in [0.717, 1.165) is 13.1 Å². The second kappa shape index (κ2) is 4.91. The minimum atomic E-state index is 0. The fraction of sp³-hybridized carbons (Fsp3) is 0.333. The summed E-state index contributed by atoms with van der Waals surface area (Å²) in [5.41, 5.74) is 6.44. The van der Waals surface area contributed by atoms with Crippen molar-refractivity contribution < 1.29 is 0 Å². The molecule has 1 N–H and O–H groups in total. The van der Waals surface area contributed by atoms with Crippen molar-refractivity contribution >= 4 is 12.4 Å². The summed E-state index contributed by atoms with van der Waals surface area (Å²) in [6, 6.07) is 18.1. The van der Waals surface area contributed by atoms with Crippen LogP contribution in [-0.2, 0) is 5.41 Å². The molecule has 2 aliphatic rings. The van der Waals surface area contributed by atoms with Crippen LogP contribution in [0.25, 0.3) is 0 Å². The van der Waals surface area contributed by atoms with E-state index >= 15 is 0 Å². The summed E-state index contributed by atoms with van der Waals surface area (Å²) < 4.78 is 0. The Morgan fingerprint density at radius 1 is 1.00 bits per heavy atom. The first-order valence-electron chi connectivity index (χ1n) is 7.26. The third-order valence-electron chi connectivity index (χ3n) is 4.93. The van der Waals surface area contributed by atoms with E-state index in [0.29, 0.717) is 5.92 Å². The van der Waals surface area contributed by atoms with Crippen molar-refractivity contribution in [1.29, 1.82) is 0 Å². The number of rotatable bonds is 3. The lowest BCUT2D eigenvalue weighted by Gasteiger charge is -2.31. The lowest BCUT2D eigenvalue weighted by Crippen LogP contribution is -2.36. The van der Waals surface area contributed by atoms with Crippen LogP contribution in [0, 0.1) is 0 Å². The second-order valence-electron chi connectivity index (χ2n) is 5.79. The van der Waals surface area contributed by atoms with Gasteiger partial charge in [0, 0.05) is 17.9 Å². The van der Waals surface area contributed by atoms with Gasteiger partial charge in [0.15, 0.2) is 0 Å². The summed E-state index contributed by atoms with van der Waals surface area (Å²) in [4.78, 5) is 0. The standard InChI is InChI=1S/C18H19N.ClH/c1-2-19-12-18-11-15(13-7-3-5-9-16(13)18)14-8-4-6-10-17(14)18;/h3-10,15,19H,2,11-12H2,1H3;1H. The largest absolute Gasteiger partial charge is 0.316 e. The Kier molecular flexibility index (Phi) is 3.35. The molecule has 20 heavy (non-hydrogen) atoms. The van der Waals surface area contributed by atoms with Crippen LogP contribution in [-0.4, -0.2) is 13.1 Å². The maximum atomic E-state index is 3.59. The topological polar surface area (TPSA) is 12.0 Å². The molecule has 0 heterocycles. The van der Waals surface area contributed by atoms with Gasteiger partial charge in [-0.15, -0.1) is 12.4 Å². The van der Waals surface area contributed by atoms with Crippen LogP contribution in [0.5, 0.6) is 0 Å². The molecule has 0 fully saturated rings. The maximum Gasteiger partial charge on any atom is 0.0342 e. The molecular weight excluding hydrogens is 266 g/mol. The Hall–Kier alpha value is -1.31. The van der Waals surface area contributed by atoms with E-state index in [1.807, 2.05) is 0 Å². The first kappa shape index (κ1) is 13.7. The maximum absolute atomic E-state index is 3.59. The fourth-order valence-corrected chi connectivity index (χ4v) is 4.18. The summed E-state index contributed by atoms with van der Waals surface area (Å²) >= 11 is 0. The van der Waals surface area contributed by atoms with Gasteiger partial charge in [0.1, 0.15) is 0 Å². The van der Waals surface area contributed by atoms with Gasteiger partial charge >= 0.3 is 0 Å². The Labute approximate surface area is 126 Å². The van der Waals surface area contributed by atoms with Gasteiger partial charge in [0.25, 0.3) is 0 Å². The predicted molar refractivity (Wildman–Crippen MR) is 85.9 cm³/mol. The van der Waals surface area contributed by atoms with E-state index in [9.17, 15) is 0 Å². The SMILES string of the molecule is CCNCC12CC(c3ccccc31)c1ccccc12.Cl. The van der Waals surface area contributed by atoms with Crippen molar-refractivity contribution in [3.8, 4) is 0 Å². The van der Waals surface area contributed by atoms with Crippen molar-refractivity contribution in [2.75, 3.05) is 13.1 Å². The highest BCUT2D eigenvalue weighted by Crippen LogP contribution is 2.59. The van der Waals surface area contributed by atoms with Crippen molar-refractivity contribution in [3.05, 3.63) is 70.8 Å². The van der Waals surface area contributed by atoms with Crippen LogP contribution in [0.2, 0.25) is 0 Å². The van der Waals surface area contributed by atoms with Crippen molar-refractivity contribution in [2.45, 2.75) is 24.7 Å². The van der Waals surface area contributed by atoms with E-state index in [1.165, 1.54) is 6.42 Å². The Bertz CT molecular complexity index is 587. The summed E-state index contributed by atoms with van der Waals surface area (Å²) in [6.45, 7) is 4.29. The van der Waals surface area contributed by atoms with Crippen LogP contribution >= 0.6 is 12.4 Å². The molecule has 2 aromatic carbocycles. The quantitative estimate of drug-likeness (QED) is 0.903. The first-order chi connectivity index (χ1) is 9.37. The molecule has 0 spiro atoms. The van der Waals surface area contributed by atoms with E-state index in [1.54, 1.807) is 22.3 Å². The molecule has 2 aromatic rings. The third-order valence-corrected chi connectivity index (χ3v) is 4.93. The van der Waals surface area contributed by atoms with Crippen LogP contribution in [0.4, 0.5) is 0 Å². The monoisotopic (exact) mass is 285 g/mol. The van der Waals surface area contributed by atoms with Gasteiger partial charge in [0.2, 0.25) is 0 Å². The molecule has 0 amide bonds. The van der Waals surface area contributed by atoms with Gasteiger partial charge in [-0.1, -0.05) is 55.5 Å². The minimum Gasteiger partial charge on any atom is -0.316 e. The molecule has 0 unspecified atom stereocenters. The lowest BCUT2D eigenvalue weighted by molar-refractivity contribution is 0.484. The molecule has 0 saturated carbocycles. The lowest BCUT2D eigenvalue weighted by atomic mass is 9.75. The smallest absolute Gasteiger partial charge is 0.0342 e. The van der Waals surface area contributed by atoms with Crippen molar-refractivity contribution in [2.24, 2.45) is 0 Å². The molecule has 104 valence electrons. The van der Waals surface area contributed by atoms with Crippen LogP contribution in [0.3, 0.4) is 0 Å². The molecule has 2 aliphatic carbocycles. The minimum absolute atomic E-state index is 0. The van der Waals surface area contributed by atoms with Gasteiger partial charge in [-0.25, -0.2) is 0 Å². The van der Waals surface area contributed by atoms with Gasteiger partial charge in [-0.2, -0.15) is 0 Å². The van der Waals surface area contributed by atoms with Crippen molar-refractivity contribution in [3.63, 3.8) is 0 Å². The summed E-state index contributed by atoms with van der Waals surface area (Å²) in [5, 5.41) is 3.59. The number of halogens is 1. The average molecular weight is 286 g/mol. The zero-order valence-corrected chi connectivity index (χ0v) is 12.5. The summed E-state index contributed by atoms with van der Waals surface area (Å²) in [7, 11) is 0. The Morgan fingerprint density at radius 2 is 1.55 bits per heavy atom. The molecule has 0 saturated heterocycles. The van der Waals surface area contributed by atoms with E-state index in [4.69, 9.17) is 0 Å². The fourth-order valence-electron chi connectivity index (χ4n) is 4.18. The highest BCUT2D eigenvalue weighted by Gasteiger charge is 2.51. The van der Waals surface area contributed by atoms with Gasteiger partial charge in [-0.3, -0.25) is 0 Å². The Morgan fingerprint density at radius 3 is 2.10 bits per heavy atom. The van der Waals surface area contributed by atoms with Gasteiger partial charge in [0.05, 0.1) is 0 Å². The van der Waals surface area contributed by atoms with Crippen molar-refractivity contribution in [1.82, 2.24) is 5.32 Å². The highest BCUT2D eigenvalue weighted by molar-refractivity contribution is 5.85. The molecule has 2 bridgehead atoms. The zero-order valence-electron chi connectivity index (χ0n) is 11.7. The number of fused-ring (bicyclic) bond motifs is 8. The first-order valence-corrected chi connectivity index (χ1v) is 7.26. The molecular formula is C18H20ClN. The Balaban J connectivity index is 0.00000121. The number of hydrogen-bond donors (Lipinski definition) is 1. The number of nitrogens with one attached hydrogen (secondary N) is 1. The molecule has 4 rings (SSSR count). The van der Waals surface area contributed by atoms with E-state index < -0.39 is 0 Å². The highest BCUT2D eigenvalue weighted by atomic mass is 35.5. The average Bonchev–Trinajstić information content (AvgIpc) is 2.98. The molecule has 0 radical (unpaired) electrons. The van der Waals surface area contributed by atoms with Gasteiger partial charge < -0.3 is 5.32 Å². The number of hydrogen-bond acceptors (Lipinski definition) is 1. The molecule has 2 heteroatoms. The third kappa shape index (κ3) is 1.60. The number of likely N-dealkylation sites (N-methyl/N-ethyl adjacent to an activating group) is 1. The predicted octanol–water partition coefficient (Wildman–Crippen LogP) is 3.85. The molecule has 0 aromatic heterocycles. The molecule has 1 nitrogen and oxygen atoms in total. The second-order valence-corrected chi connectivity index (χ2v) is 5.79.